The lowest BCUT2D eigenvalue weighted by atomic mass is 9.85. The highest BCUT2D eigenvalue weighted by molar-refractivity contribution is 7.15. The second kappa shape index (κ2) is 7.44. The van der Waals surface area contributed by atoms with E-state index in [0.29, 0.717) is 6.54 Å². The van der Waals surface area contributed by atoms with Crippen LogP contribution in [0, 0.1) is 0 Å². The van der Waals surface area contributed by atoms with Crippen molar-refractivity contribution >= 4 is 11.3 Å². The molecule has 1 aromatic heterocycles. The van der Waals surface area contributed by atoms with E-state index in [1.165, 1.54) is 0 Å². The zero-order valence-electron chi connectivity index (χ0n) is 14.5. The Balaban J connectivity index is 1.49. The lowest BCUT2D eigenvalue weighted by Gasteiger charge is -2.28. The Bertz CT molecular complexity index is 888. The van der Waals surface area contributed by atoms with Crippen molar-refractivity contribution in [2.45, 2.75) is 24.4 Å². The third-order valence-electron chi connectivity index (χ3n) is 4.91. The number of hydrogen-bond donors (Lipinski definition) is 0. The van der Waals surface area contributed by atoms with Crippen molar-refractivity contribution in [3.63, 3.8) is 0 Å². The molecule has 6 heteroatoms. The first-order valence-corrected chi connectivity index (χ1v) is 9.64. The molecule has 0 saturated carbocycles. The summed E-state index contributed by atoms with van der Waals surface area (Å²) in [6.07, 6.45) is -1.54. The molecule has 4 rings (SSSR count). The maximum absolute atomic E-state index is 12.8. The Labute approximate surface area is 160 Å². The van der Waals surface area contributed by atoms with Gasteiger partial charge in [0, 0.05) is 25.2 Å². The summed E-state index contributed by atoms with van der Waals surface area (Å²) in [6.45, 7) is 1.37. The summed E-state index contributed by atoms with van der Waals surface area (Å²) in [5.41, 5.74) is 1.45. The number of piperidine rings is 1. The topological polar surface area (TPSA) is 27.0 Å². The molecule has 0 N–H and O–H groups in total. The Morgan fingerprint density at radius 2 is 1.59 bits per heavy atom. The number of halogens is 3. The van der Waals surface area contributed by atoms with Gasteiger partial charge in [-0.3, -0.25) is 0 Å². The standard InChI is InChI=1S/C21H18F3N2S/c22-21(23,24)18-8-6-14(7-9-18)16-10-17(12-25-11-16)20-26-13-19(27-20)15-4-2-1-3-5-15/h1-9,13,16-17H,10-12H2. The fourth-order valence-corrected chi connectivity index (χ4v) is 4.48. The predicted molar refractivity (Wildman–Crippen MR) is 101 cm³/mol. The van der Waals surface area contributed by atoms with Crippen molar-refractivity contribution in [2.75, 3.05) is 13.1 Å². The minimum absolute atomic E-state index is 0.134. The van der Waals surface area contributed by atoms with E-state index in [0.717, 1.165) is 46.1 Å². The van der Waals surface area contributed by atoms with Gasteiger partial charge in [0.05, 0.1) is 15.4 Å². The van der Waals surface area contributed by atoms with Crippen LogP contribution in [0.25, 0.3) is 10.4 Å². The summed E-state index contributed by atoms with van der Waals surface area (Å²) in [5.74, 6) is 0.351. The summed E-state index contributed by atoms with van der Waals surface area (Å²) in [6, 6.07) is 15.6. The molecular weight excluding hydrogens is 369 g/mol. The van der Waals surface area contributed by atoms with Crippen LogP contribution >= 0.6 is 11.3 Å². The molecule has 0 bridgehead atoms. The van der Waals surface area contributed by atoms with Gasteiger partial charge in [-0.05, 0) is 35.6 Å². The third kappa shape index (κ3) is 4.06. The van der Waals surface area contributed by atoms with Gasteiger partial charge < -0.3 is 0 Å². The highest BCUT2D eigenvalue weighted by atomic mass is 32.1. The van der Waals surface area contributed by atoms with Gasteiger partial charge in [-0.15, -0.1) is 11.3 Å². The Morgan fingerprint density at radius 1 is 0.889 bits per heavy atom. The summed E-state index contributed by atoms with van der Waals surface area (Å²) in [5, 5.41) is 5.64. The van der Waals surface area contributed by atoms with Gasteiger partial charge in [0.25, 0.3) is 0 Å². The Kier molecular flexibility index (Phi) is 5.02. The molecule has 2 heterocycles. The number of aromatic nitrogens is 1. The molecular formula is C21H18F3N2S. The van der Waals surface area contributed by atoms with Crippen LogP contribution in [0.15, 0.2) is 60.8 Å². The van der Waals surface area contributed by atoms with Crippen molar-refractivity contribution in [3.8, 4) is 10.4 Å². The van der Waals surface area contributed by atoms with Gasteiger partial charge in [-0.25, -0.2) is 10.3 Å². The Morgan fingerprint density at radius 3 is 2.30 bits per heavy atom. The average Bonchev–Trinajstić information content (AvgIpc) is 3.19. The van der Waals surface area contributed by atoms with Crippen molar-refractivity contribution < 1.29 is 13.2 Å². The molecule has 1 aliphatic rings. The lowest BCUT2D eigenvalue weighted by molar-refractivity contribution is -0.137. The van der Waals surface area contributed by atoms with Gasteiger partial charge in [0.1, 0.15) is 0 Å². The highest BCUT2D eigenvalue weighted by Gasteiger charge is 2.31. The van der Waals surface area contributed by atoms with E-state index in [2.05, 4.69) is 22.4 Å². The number of hydrogen-bond acceptors (Lipinski definition) is 2. The smallest absolute Gasteiger partial charge is 0.249 e. The maximum atomic E-state index is 12.8. The van der Waals surface area contributed by atoms with Crippen LogP contribution in [0.3, 0.4) is 0 Å². The van der Waals surface area contributed by atoms with Crippen molar-refractivity contribution in [1.29, 1.82) is 0 Å². The molecule has 0 amide bonds. The zero-order valence-corrected chi connectivity index (χ0v) is 15.3. The first kappa shape index (κ1) is 18.2. The van der Waals surface area contributed by atoms with Gasteiger partial charge >= 0.3 is 6.18 Å². The summed E-state index contributed by atoms with van der Waals surface area (Å²) in [7, 11) is 0. The number of nitrogens with zero attached hydrogens (tertiary/aromatic N) is 2. The molecule has 2 atom stereocenters. The number of rotatable bonds is 3. The summed E-state index contributed by atoms with van der Waals surface area (Å²) in [4.78, 5) is 5.73. The van der Waals surface area contributed by atoms with Gasteiger partial charge in [0.2, 0.25) is 0 Å². The van der Waals surface area contributed by atoms with Gasteiger partial charge in [-0.2, -0.15) is 13.2 Å². The molecule has 1 aliphatic heterocycles. The normalized spacial score (nSPS) is 20.6. The molecule has 0 aliphatic carbocycles. The minimum atomic E-state index is -4.30. The number of benzene rings is 2. The maximum Gasteiger partial charge on any atom is 0.416 e. The molecule has 2 unspecified atom stereocenters. The number of alkyl halides is 3. The SMILES string of the molecule is FC(F)(F)c1ccc(C2C[N]CC(c3ncc(-c4ccccc4)s3)C2)cc1. The molecule has 3 aromatic rings. The monoisotopic (exact) mass is 387 g/mol. The first-order valence-electron chi connectivity index (χ1n) is 8.82. The van der Waals surface area contributed by atoms with Gasteiger partial charge in [-0.1, -0.05) is 42.5 Å². The average molecular weight is 387 g/mol. The molecule has 139 valence electrons. The van der Waals surface area contributed by atoms with Crippen molar-refractivity contribution in [1.82, 2.24) is 10.3 Å². The van der Waals surface area contributed by atoms with Crippen molar-refractivity contribution in [3.05, 3.63) is 76.9 Å². The Hall–Kier alpha value is -2.18. The molecule has 2 nitrogen and oxygen atoms in total. The molecule has 27 heavy (non-hydrogen) atoms. The molecule has 1 saturated heterocycles. The predicted octanol–water partition coefficient (Wildman–Crippen LogP) is 5.70. The van der Waals surface area contributed by atoms with E-state index < -0.39 is 11.7 Å². The molecule has 0 spiro atoms. The highest BCUT2D eigenvalue weighted by Crippen LogP contribution is 2.38. The van der Waals surface area contributed by atoms with Crippen LogP contribution in [0.4, 0.5) is 13.2 Å². The lowest BCUT2D eigenvalue weighted by Crippen LogP contribution is -2.29. The van der Waals surface area contributed by atoms with Crippen LogP contribution in [0.1, 0.15) is 34.4 Å². The first-order chi connectivity index (χ1) is 13.0. The second-order valence-corrected chi connectivity index (χ2v) is 7.83. The third-order valence-corrected chi connectivity index (χ3v) is 6.12. The van der Waals surface area contributed by atoms with E-state index in [1.807, 2.05) is 24.4 Å². The van der Waals surface area contributed by atoms with E-state index in [4.69, 9.17) is 0 Å². The summed E-state index contributed by atoms with van der Waals surface area (Å²) >= 11 is 1.68. The van der Waals surface area contributed by atoms with Gasteiger partial charge in [0.15, 0.2) is 0 Å². The van der Waals surface area contributed by atoms with E-state index in [1.54, 1.807) is 23.5 Å². The van der Waals surface area contributed by atoms with Crippen LogP contribution in [-0.4, -0.2) is 18.1 Å². The fourth-order valence-electron chi connectivity index (χ4n) is 3.46. The fraction of sp³-hybridized carbons (Fsp3) is 0.286. The van der Waals surface area contributed by atoms with Crippen LogP contribution in [0.2, 0.25) is 0 Å². The number of thiazole rings is 1. The van der Waals surface area contributed by atoms with E-state index in [9.17, 15) is 13.2 Å². The van der Waals surface area contributed by atoms with Crippen LogP contribution < -0.4 is 5.32 Å². The molecule has 1 fully saturated rings. The summed E-state index contributed by atoms with van der Waals surface area (Å²) < 4.78 is 38.3. The van der Waals surface area contributed by atoms with Crippen molar-refractivity contribution in [2.24, 2.45) is 0 Å². The van der Waals surface area contributed by atoms with Crippen LogP contribution in [-0.2, 0) is 6.18 Å². The van der Waals surface area contributed by atoms with Crippen LogP contribution in [0.5, 0.6) is 0 Å². The second-order valence-electron chi connectivity index (χ2n) is 6.77. The minimum Gasteiger partial charge on any atom is -0.249 e. The zero-order chi connectivity index (χ0) is 18.9. The van der Waals surface area contributed by atoms with E-state index >= 15 is 0 Å². The molecule has 1 radical (unpaired) electrons. The molecule has 2 aromatic carbocycles. The quantitative estimate of drug-likeness (QED) is 0.566. The van der Waals surface area contributed by atoms with E-state index in [-0.39, 0.29) is 11.8 Å². The largest absolute Gasteiger partial charge is 0.416 e.